The molecule has 0 spiro atoms. The molecule has 2 amide bonds. The molecule has 12 heteroatoms. The van der Waals surface area contributed by atoms with Crippen molar-refractivity contribution in [2.24, 2.45) is 0 Å². The van der Waals surface area contributed by atoms with Gasteiger partial charge in [0.15, 0.2) is 11.5 Å². The van der Waals surface area contributed by atoms with Crippen LogP contribution in [-0.4, -0.2) is 57.0 Å². The highest BCUT2D eigenvalue weighted by molar-refractivity contribution is 7.92. The molecule has 1 aliphatic heterocycles. The smallest absolute Gasteiger partial charge is 0.264 e. The summed E-state index contributed by atoms with van der Waals surface area (Å²) in [6.07, 6.45) is 4.10. The van der Waals surface area contributed by atoms with Crippen molar-refractivity contribution >= 4 is 50.7 Å². The predicted molar refractivity (Wildman–Crippen MR) is 170 cm³/mol. The highest BCUT2D eigenvalue weighted by Gasteiger charge is 2.35. The Labute approximate surface area is 268 Å². The second-order valence-corrected chi connectivity index (χ2v) is 13.5. The zero-order valence-electron chi connectivity index (χ0n) is 24.4. The number of benzene rings is 3. The van der Waals surface area contributed by atoms with Gasteiger partial charge in [-0.25, -0.2) is 8.42 Å². The number of ether oxygens (including phenoxy) is 2. The summed E-state index contributed by atoms with van der Waals surface area (Å²) < 4.78 is 40.6. The number of rotatable bonds is 11. The molecule has 0 saturated heterocycles. The number of anilines is 1. The lowest BCUT2D eigenvalue weighted by atomic mass is 10.1. The van der Waals surface area contributed by atoms with Crippen molar-refractivity contribution in [2.45, 2.75) is 62.6 Å². The van der Waals surface area contributed by atoms with Crippen molar-refractivity contribution < 1.29 is 27.5 Å². The van der Waals surface area contributed by atoms with Crippen molar-refractivity contribution in [3.63, 3.8) is 0 Å². The molecule has 44 heavy (non-hydrogen) atoms. The van der Waals surface area contributed by atoms with E-state index in [4.69, 9.17) is 32.7 Å². The zero-order valence-corrected chi connectivity index (χ0v) is 26.7. The summed E-state index contributed by atoms with van der Waals surface area (Å²) >= 11 is 13.0. The van der Waals surface area contributed by atoms with E-state index >= 15 is 0 Å². The van der Waals surface area contributed by atoms with Gasteiger partial charge in [0.1, 0.15) is 25.8 Å². The van der Waals surface area contributed by atoms with E-state index in [0.717, 1.165) is 30.0 Å². The summed E-state index contributed by atoms with van der Waals surface area (Å²) in [7, 11) is -4.23. The first-order valence-electron chi connectivity index (χ1n) is 14.7. The summed E-state index contributed by atoms with van der Waals surface area (Å²) in [6.45, 7) is 1.81. The van der Waals surface area contributed by atoms with Gasteiger partial charge < -0.3 is 19.7 Å². The molecule has 9 nitrogen and oxygen atoms in total. The molecular weight excluding hydrogens is 625 g/mol. The molecule has 3 aromatic carbocycles. The van der Waals surface area contributed by atoms with Gasteiger partial charge in [-0.1, -0.05) is 67.2 Å². The van der Waals surface area contributed by atoms with Gasteiger partial charge in [0, 0.05) is 34.3 Å². The fraction of sp³-hybridized carbons (Fsp3) is 0.375. The number of nitrogens with zero attached hydrogens (tertiary/aromatic N) is 2. The Balaban J connectivity index is 1.54. The molecule has 0 aromatic heterocycles. The molecule has 1 aliphatic carbocycles. The Morgan fingerprint density at radius 2 is 1.59 bits per heavy atom. The second-order valence-electron chi connectivity index (χ2n) is 10.8. The average molecular weight is 661 g/mol. The minimum Gasteiger partial charge on any atom is -0.486 e. The van der Waals surface area contributed by atoms with E-state index in [1.807, 2.05) is 6.92 Å². The number of hydrogen-bond acceptors (Lipinski definition) is 6. The molecule has 0 unspecified atom stereocenters. The van der Waals surface area contributed by atoms with Crippen LogP contribution in [0.15, 0.2) is 71.6 Å². The van der Waals surface area contributed by atoms with Crippen molar-refractivity contribution in [2.75, 3.05) is 24.1 Å². The Hall–Kier alpha value is -3.47. The fourth-order valence-electron chi connectivity index (χ4n) is 5.58. The summed E-state index contributed by atoms with van der Waals surface area (Å²) in [5, 5.41) is 3.76. The van der Waals surface area contributed by atoms with E-state index in [-0.39, 0.29) is 29.1 Å². The topological polar surface area (TPSA) is 105 Å². The van der Waals surface area contributed by atoms with Crippen molar-refractivity contribution in [1.29, 1.82) is 0 Å². The Kier molecular flexibility index (Phi) is 10.2. The first-order chi connectivity index (χ1) is 21.2. The number of halogens is 2. The maximum atomic E-state index is 14.4. The van der Waals surface area contributed by atoms with Gasteiger partial charge in [-0.05, 0) is 55.7 Å². The largest absolute Gasteiger partial charge is 0.486 e. The number of sulfonamides is 1. The van der Waals surface area contributed by atoms with Gasteiger partial charge in [-0.15, -0.1) is 0 Å². The lowest BCUT2D eigenvalue weighted by Crippen LogP contribution is -2.53. The molecule has 1 N–H and O–H groups in total. The van der Waals surface area contributed by atoms with E-state index < -0.39 is 28.5 Å². The van der Waals surface area contributed by atoms with Crippen LogP contribution in [0.5, 0.6) is 11.5 Å². The molecule has 3 aromatic rings. The maximum Gasteiger partial charge on any atom is 0.264 e. The van der Waals surface area contributed by atoms with E-state index in [2.05, 4.69) is 5.32 Å². The quantitative estimate of drug-likeness (QED) is 0.278. The molecule has 5 rings (SSSR count). The van der Waals surface area contributed by atoms with Crippen molar-refractivity contribution in [3.05, 3.63) is 82.3 Å². The number of carbonyl (C=O) groups is 2. The van der Waals surface area contributed by atoms with Gasteiger partial charge in [-0.3, -0.25) is 13.9 Å². The van der Waals surface area contributed by atoms with Crippen LogP contribution in [0.1, 0.15) is 44.6 Å². The third-order valence-electron chi connectivity index (χ3n) is 7.90. The lowest BCUT2D eigenvalue weighted by molar-refractivity contribution is -0.140. The van der Waals surface area contributed by atoms with Crippen LogP contribution in [0.3, 0.4) is 0 Å². The number of hydrogen-bond donors (Lipinski definition) is 1. The van der Waals surface area contributed by atoms with Gasteiger partial charge in [0.2, 0.25) is 11.8 Å². The number of fused-ring (bicyclic) bond motifs is 1. The van der Waals surface area contributed by atoms with E-state index in [1.165, 1.54) is 17.0 Å². The van der Waals surface area contributed by atoms with Gasteiger partial charge >= 0.3 is 0 Å². The van der Waals surface area contributed by atoms with Gasteiger partial charge in [0.05, 0.1) is 10.6 Å². The maximum absolute atomic E-state index is 14.4. The normalized spacial score (nSPS) is 15.4. The minimum atomic E-state index is -4.23. The third-order valence-corrected chi connectivity index (χ3v) is 10.4. The van der Waals surface area contributed by atoms with Crippen LogP contribution in [-0.2, 0) is 26.2 Å². The molecule has 0 bridgehead atoms. The molecular formula is C32H35Cl2N3O6S. The SMILES string of the molecule is CC[C@@H](C(=O)NC1CCCC1)N(Cc1c(Cl)cccc1Cl)C(=O)CN(c1ccc2c(c1)OCCO2)S(=O)(=O)c1ccccc1. The number of nitrogens with one attached hydrogen (secondary N) is 1. The first kappa shape index (κ1) is 31.9. The molecule has 1 saturated carbocycles. The monoisotopic (exact) mass is 659 g/mol. The van der Waals surface area contributed by atoms with E-state index in [9.17, 15) is 18.0 Å². The fourth-order valence-corrected chi connectivity index (χ4v) is 7.52. The van der Waals surface area contributed by atoms with Crippen LogP contribution >= 0.6 is 23.2 Å². The van der Waals surface area contributed by atoms with Crippen molar-refractivity contribution in [3.8, 4) is 11.5 Å². The summed E-state index contributed by atoms with van der Waals surface area (Å²) in [6, 6.07) is 16.8. The molecule has 0 radical (unpaired) electrons. The van der Waals surface area contributed by atoms with Gasteiger partial charge in [-0.2, -0.15) is 0 Å². The molecule has 234 valence electrons. The van der Waals surface area contributed by atoms with E-state index in [1.54, 1.807) is 54.6 Å². The first-order valence-corrected chi connectivity index (χ1v) is 16.9. The Bertz CT molecular complexity index is 1580. The molecule has 1 fully saturated rings. The Morgan fingerprint density at radius 1 is 0.932 bits per heavy atom. The predicted octanol–water partition coefficient (Wildman–Crippen LogP) is 5.83. The van der Waals surface area contributed by atoms with Crippen LogP contribution in [0.25, 0.3) is 0 Å². The van der Waals surface area contributed by atoms with Crippen LogP contribution < -0.4 is 19.1 Å². The highest BCUT2D eigenvalue weighted by Crippen LogP contribution is 2.36. The van der Waals surface area contributed by atoms with Crippen LogP contribution in [0, 0.1) is 0 Å². The lowest BCUT2D eigenvalue weighted by Gasteiger charge is -2.34. The molecule has 2 aliphatic rings. The Morgan fingerprint density at radius 3 is 2.25 bits per heavy atom. The highest BCUT2D eigenvalue weighted by atomic mass is 35.5. The summed E-state index contributed by atoms with van der Waals surface area (Å²) in [4.78, 5) is 29.4. The summed E-state index contributed by atoms with van der Waals surface area (Å²) in [5.41, 5.74) is 0.679. The zero-order chi connectivity index (χ0) is 31.3. The van der Waals surface area contributed by atoms with Crippen molar-refractivity contribution in [1.82, 2.24) is 10.2 Å². The van der Waals surface area contributed by atoms with E-state index in [0.29, 0.717) is 46.7 Å². The number of amides is 2. The van der Waals surface area contributed by atoms with Gasteiger partial charge in [0.25, 0.3) is 10.0 Å². The standard InChI is InChI=1S/C32H35Cl2N3O6S/c1-2-28(32(39)35-22-9-6-7-10-22)36(20-25-26(33)13-8-14-27(25)34)31(38)21-37(44(40,41)24-11-4-3-5-12-24)23-15-16-29-30(19-23)43-18-17-42-29/h3-5,8,11-16,19,22,28H,2,6-7,9-10,17-18,20-21H2,1H3,(H,35,39)/t28-/m0/s1. The van der Waals surface area contributed by atoms with Crippen LogP contribution in [0.4, 0.5) is 5.69 Å². The number of carbonyl (C=O) groups excluding carboxylic acids is 2. The minimum absolute atomic E-state index is 0.00871. The third kappa shape index (κ3) is 7.08. The summed E-state index contributed by atoms with van der Waals surface area (Å²) in [5.74, 6) is -0.0407. The average Bonchev–Trinajstić information content (AvgIpc) is 3.54. The molecule has 1 heterocycles. The van der Waals surface area contributed by atoms with Crippen LogP contribution in [0.2, 0.25) is 10.0 Å². The molecule has 1 atom stereocenters. The second kappa shape index (κ2) is 14.1.